The van der Waals surface area contributed by atoms with Crippen LogP contribution >= 0.6 is 0 Å². The zero-order valence-corrected chi connectivity index (χ0v) is 17.1. The molecule has 0 bridgehead atoms. The van der Waals surface area contributed by atoms with Crippen LogP contribution in [0.2, 0.25) is 0 Å². The highest BCUT2D eigenvalue weighted by Crippen LogP contribution is 2.33. The van der Waals surface area contributed by atoms with Gasteiger partial charge in [0.1, 0.15) is 11.9 Å². The fourth-order valence-corrected chi connectivity index (χ4v) is 3.89. The van der Waals surface area contributed by atoms with E-state index < -0.39 is 29.8 Å². The molecule has 1 aliphatic rings. The summed E-state index contributed by atoms with van der Waals surface area (Å²) in [4.78, 5) is 26.2. The molecule has 1 saturated carbocycles. The van der Waals surface area contributed by atoms with Crippen LogP contribution in [0.25, 0.3) is 0 Å². The normalized spacial score (nSPS) is 15.9. The van der Waals surface area contributed by atoms with Crippen molar-refractivity contribution in [3.05, 3.63) is 65.5 Å². The van der Waals surface area contributed by atoms with Gasteiger partial charge in [0.2, 0.25) is 5.91 Å². The van der Waals surface area contributed by atoms with Gasteiger partial charge in [-0.2, -0.15) is 13.2 Å². The lowest BCUT2D eigenvalue weighted by Gasteiger charge is -2.34. The first-order chi connectivity index (χ1) is 14.7. The lowest BCUT2D eigenvalue weighted by molar-refractivity contribution is -0.171. The van der Waals surface area contributed by atoms with Crippen LogP contribution in [0.3, 0.4) is 0 Å². The Morgan fingerprint density at radius 2 is 1.68 bits per heavy atom. The lowest BCUT2D eigenvalue weighted by atomic mass is 9.94. The molecule has 1 atom stereocenters. The predicted octanol–water partition coefficient (Wildman–Crippen LogP) is 5.22. The van der Waals surface area contributed by atoms with E-state index in [-0.39, 0.29) is 17.3 Å². The second-order valence-electron chi connectivity index (χ2n) is 7.81. The number of anilines is 1. The molecule has 31 heavy (non-hydrogen) atoms. The summed E-state index contributed by atoms with van der Waals surface area (Å²) < 4.78 is 54.2. The average molecular weight is 436 g/mol. The molecule has 0 radical (unpaired) electrons. The third-order valence-electron chi connectivity index (χ3n) is 5.38. The van der Waals surface area contributed by atoms with Crippen molar-refractivity contribution in [2.75, 3.05) is 4.90 Å². The van der Waals surface area contributed by atoms with Gasteiger partial charge in [-0.05, 0) is 55.2 Å². The maximum Gasteiger partial charge on any atom is 0.471 e. The number of aryl methyl sites for hydroxylation is 1. The van der Waals surface area contributed by atoms with Crippen LogP contribution in [0.15, 0.2) is 48.5 Å². The summed E-state index contributed by atoms with van der Waals surface area (Å²) in [6.45, 7) is 1.68. The minimum absolute atomic E-state index is 0.0598. The first-order valence-electron chi connectivity index (χ1n) is 10.2. The number of hydrogen-bond donors (Lipinski definition) is 1. The Labute approximate surface area is 178 Å². The van der Waals surface area contributed by atoms with Gasteiger partial charge in [-0.1, -0.05) is 43.5 Å². The molecule has 166 valence electrons. The van der Waals surface area contributed by atoms with Crippen molar-refractivity contribution in [2.24, 2.45) is 0 Å². The van der Waals surface area contributed by atoms with Crippen LogP contribution in [0.5, 0.6) is 0 Å². The minimum Gasteiger partial charge on any atom is -0.351 e. The number of carbonyl (C=O) groups is 2. The molecule has 4 nitrogen and oxygen atoms in total. The molecule has 2 aromatic rings. The van der Waals surface area contributed by atoms with Crippen molar-refractivity contribution >= 4 is 17.5 Å². The van der Waals surface area contributed by atoms with Crippen molar-refractivity contribution in [3.63, 3.8) is 0 Å². The first kappa shape index (κ1) is 22.8. The second-order valence-corrected chi connectivity index (χ2v) is 7.81. The highest BCUT2D eigenvalue weighted by Gasteiger charge is 2.47. The van der Waals surface area contributed by atoms with Gasteiger partial charge in [0.25, 0.3) is 0 Å². The van der Waals surface area contributed by atoms with Crippen molar-refractivity contribution in [1.29, 1.82) is 0 Å². The van der Waals surface area contributed by atoms with Crippen LogP contribution in [-0.4, -0.2) is 24.0 Å². The summed E-state index contributed by atoms with van der Waals surface area (Å²) in [5, 5.41) is 2.81. The zero-order chi connectivity index (χ0) is 22.6. The highest BCUT2D eigenvalue weighted by molar-refractivity contribution is 6.03. The van der Waals surface area contributed by atoms with Gasteiger partial charge in [0.05, 0.1) is 0 Å². The Kier molecular flexibility index (Phi) is 6.97. The van der Waals surface area contributed by atoms with Crippen molar-refractivity contribution < 1.29 is 27.2 Å². The van der Waals surface area contributed by atoms with Gasteiger partial charge in [-0.3, -0.25) is 14.5 Å². The van der Waals surface area contributed by atoms with Crippen LogP contribution in [0.4, 0.5) is 23.2 Å². The fourth-order valence-electron chi connectivity index (χ4n) is 3.89. The molecule has 1 aliphatic carbocycles. The zero-order valence-electron chi connectivity index (χ0n) is 17.1. The Morgan fingerprint density at radius 1 is 1.03 bits per heavy atom. The third-order valence-corrected chi connectivity index (χ3v) is 5.38. The summed E-state index contributed by atoms with van der Waals surface area (Å²) in [6, 6.07) is 8.75. The van der Waals surface area contributed by atoms with E-state index >= 15 is 0 Å². The molecule has 2 aromatic carbocycles. The summed E-state index contributed by atoms with van der Waals surface area (Å²) in [6.07, 6.45) is -0.896. The number of nitrogens with one attached hydrogen (secondary N) is 1. The number of rotatable bonds is 5. The Bertz CT molecular complexity index is 922. The Morgan fingerprint density at radius 3 is 2.26 bits per heavy atom. The molecule has 1 N–H and O–H groups in total. The van der Waals surface area contributed by atoms with E-state index in [4.69, 9.17) is 0 Å². The molecule has 0 aromatic heterocycles. The van der Waals surface area contributed by atoms with E-state index in [0.29, 0.717) is 10.5 Å². The molecule has 0 aliphatic heterocycles. The van der Waals surface area contributed by atoms with Crippen LogP contribution in [0, 0.1) is 12.7 Å². The summed E-state index contributed by atoms with van der Waals surface area (Å²) in [5.41, 5.74) is 0.660. The number of benzene rings is 2. The quantitative estimate of drug-likeness (QED) is 0.654. The maximum absolute atomic E-state index is 13.6. The Balaban J connectivity index is 2.08. The summed E-state index contributed by atoms with van der Waals surface area (Å²) in [5.74, 6) is -3.48. The number of nitrogens with zero attached hydrogens (tertiary/aromatic N) is 1. The maximum atomic E-state index is 13.6. The molecule has 1 fully saturated rings. The number of alkyl halides is 3. The number of hydrogen-bond acceptors (Lipinski definition) is 2. The average Bonchev–Trinajstić information content (AvgIpc) is 2.72. The van der Waals surface area contributed by atoms with Gasteiger partial charge in [0.15, 0.2) is 0 Å². The lowest BCUT2D eigenvalue weighted by Crippen LogP contribution is -2.50. The fraction of sp³-hybridized carbons (Fsp3) is 0.391. The van der Waals surface area contributed by atoms with E-state index in [1.807, 2.05) is 0 Å². The monoisotopic (exact) mass is 436 g/mol. The standard InChI is InChI=1S/C23H24F4N2O2/c1-15-6-5-9-19(14-15)29(22(31)23(25,26)27)20(16-10-12-17(24)13-11-16)21(30)28-18-7-3-2-4-8-18/h5-6,9-14,18,20H,2-4,7-8H2,1H3,(H,28,30)/t20-/m1/s1. The van der Waals surface area contributed by atoms with Crippen molar-refractivity contribution in [3.8, 4) is 0 Å². The largest absolute Gasteiger partial charge is 0.471 e. The molecule has 0 saturated heterocycles. The van der Waals surface area contributed by atoms with Gasteiger partial charge in [-0.25, -0.2) is 4.39 Å². The van der Waals surface area contributed by atoms with Gasteiger partial charge >= 0.3 is 12.1 Å². The van der Waals surface area contributed by atoms with Gasteiger partial charge in [0, 0.05) is 11.7 Å². The van der Waals surface area contributed by atoms with E-state index in [0.717, 1.165) is 44.2 Å². The van der Waals surface area contributed by atoms with Crippen molar-refractivity contribution in [1.82, 2.24) is 5.32 Å². The Hall–Kier alpha value is -2.90. The van der Waals surface area contributed by atoms with E-state index in [1.165, 1.54) is 30.3 Å². The van der Waals surface area contributed by atoms with Crippen LogP contribution < -0.4 is 10.2 Å². The van der Waals surface area contributed by atoms with Crippen molar-refractivity contribution in [2.45, 2.75) is 57.3 Å². The topological polar surface area (TPSA) is 49.4 Å². The minimum atomic E-state index is -5.20. The smallest absolute Gasteiger partial charge is 0.351 e. The molecule has 0 spiro atoms. The third kappa shape index (κ3) is 5.62. The van der Waals surface area contributed by atoms with E-state index in [9.17, 15) is 27.2 Å². The van der Waals surface area contributed by atoms with Gasteiger partial charge < -0.3 is 5.32 Å². The van der Waals surface area contributed by atoms with Crippen LogP contribution in [0.1, 0.15) is 49.3 Å². The number of carbonyl (C=O) groups excluding carboxylic acids is 2. The summed E-state index contributed by atoms with van der Waals surface area (Å²) >= 11 is 0. The van der Waals surface area contributed by atoms with Crippen LogP contribution in [-0.2, 0) is 9.59 Å². The molecule has 2 amide bonds. The molecular weight excluding hydrogens is 412 g/mol. The number of amides is 2. The first-order valence-corrected chi connectivity index (χ1v) is 10.2. The molecule has 0 heterocycles. The molecule has 0 unspecified atom stereocenters. The molecular formula is C23H24F4N2O2. The predicted molar refractivity (Wildman–Crippen MR) is 109 cm³/mol. The molecule has 8 heteroatoms. The highest BCUT2D eigenvalue weighted by atomic mass is 19.4. The second kappa shape index (κ2) is 9.49. The molecule has 3 rings (SSSR count). The van der Waals surface area contributed by atoms with E-state index in [1.54, 1.807) is 13.0 Å². The summed E-state index contributed by atoms with van der Waals surface area (Å²) in [7, 11) is 0. The number of halogens is 4. The SMILES string of the molecule is Cc1cccc(N(C(=O)C(F)(F)F)[C@@H](C(=O)NC2CCCCC2)c2ccc(F)cc2)c1. The van der Waals surface area contributed by atoms with Gasteiger partial charge in [-0.15, -0.1) is 0 Å². The van der Waals surface area contributed by atoms with E-state index in [2.05, 4.69) is 5.32 Å².